The van der Waals surface area contributed by atoms with Gasteiger partial charge in [-0.3, -0.25) is 0 Å². The van der Waals surface area contributed by atoms with Gasteiger partial charge in [-0.1, -0.05) is 42.3 Å². The SMILES string of the molecule is OC(c1ccc(C2CCC2)cc1)c1ccnc(Cl)c1. The normalized spacial score (nSPS) is 16.9. The Morgan fingerprint density at radius 3 is 2.42 bits per heavy atom. The summed E-state index contributed by atoms with van der Waals surface area (Å²) in [5.74, 6) is 0.724. The van der Waals surface area contributed by atoms with Crippen molar-refractivity contribution in [3.63, 3.8) is 0 Å². The van der Waals surface area contributed by atoms with Crippen molar-refractivity contribution in [2.75, 3.05) is 0 Å². The standard InChI is InChI=1S/C16H16ClNO/c17-15-10-14(8-9-18-15)16(19)13-6-4-12(5-7-13)11-2-1-3-11/h4-11,16,19H,1-3H2. The van der Waals surface area contributed by atoms with E-state index in [-0.39, 0.29) is 0 Å². The minimum atomic E-state index is -0.643. The molecule has 0 spiro atoms. The Kier molecular flexibility index (Phi) is 3.54. The van der Waals surface area contributed by atoms with E-state index in [1.54, 1.807) is 18.3 Å². The second-order valence-electron chi connectivity index (χ2n) is 5.11. The van der Waals surface area contributed by atoms with Crippen LogP contribution in [0.4, 0.5) is 0 Å². The summed E-state index contributed by atoms with van der Waals surface area (Å²) < 4.78 is 0. The molecule has 1 aromatic carbocycles. The number of aromatic nitrogens is 1. The Labute approximate surface area is 118 Å². The Morgan fingerprint density at radius 2 is 1.84 bits per heavy atom. The second kappa shape index (κ2) is 5.32. The van der Waals surface area contributed by atoms with Crippen molar-refractivity contribution in [2.24, 2.45) is 0 Å². The minimum absolute atomic E-state index is 0.405. The van der Waals surface area contributed by atoms with E-state index in [0.717, 1.165) is 17.0 Å². The number of aliphatic hydroxyl groups excluding tert-OH is 1. The smallest absolute Gasteiger partial charge is 0.129 e. The molecule has 98 valence electrons. The number of pyridine rings is 1. The molecule has 3 rings (SSSR count). The summed E-state index contributed by atoms with van der Waals surface area (Å²) in [5.41, 5.74) is 3.05. The van der Waals surface area contributed by atoms with Crippen molar-refractivity contribution in [1.82, 2.24) is 4.98 Å². The first-order valence-electron chi connectivity index (χ1n) is 6.63. The summed E-state index contributed by atoms with van der Waals surface area (Å²) in [6, 6.07) is 11.8. The van der Waals surface area contributed by atoms with Gasteiger partial charge in [0.1, 0.15) is 11.3 Å². The molecule has 1 N–H and O–H groups in total. The predicted molar refractivity (Wildman–Crippen MR) is 76.3 cm³/mol. The van der Waals surface area contributed by atoms with Crippen LogP contribution in [0.3, 0.4) is 0 Å². The van der Waals surface area contributed by atoms with Crippen LogP contribution in [-0.2, 0) is 0 Å². The minimum Gasteiger partial charge on any atom is -0.384 e. The number of hydrogen-bond acceptors (Lipinski definition) is 2. The molecule has 1 aromatic heterocycles. The van der Waals surface area contributed by atoms with E-state index in [0.29, 0.717) is 5.15 Å². The van der Waals surface area contributed by atoms with Gasteiger partial charge in [0.15, 0.2) is 0 Å². The van der Waals surface area contributed by atoms with E-state index >= 15 is 0 Å². The molecule has 1 atom stereocenters. The Morgan fingerprint density at radius 1 is 1.11 bits per heavy atom. The van der Waals surface area contributed by atoms with Gasteiger partial charge in [0, 0.05) is 6.20 Å². The highest BCUT2D eigenvalue weighted by Crippen LogP contribution is 2.36. The number of hydrogen-bond donors (Lipinski definition) is 1. The molecule has 2 aromatic rings. The number of nitrogens with zero attached hydrogens (tertiary/aromatic N) is 1. The monoisotopic (exact) mass is 273 g/mol. The van der Waals surface area contributed by atoms with Crippen molar-refractivity contribution in [2.45, 2.75) is 31.3 Å². The van der Waals surface area contributed by atoms with Gasteiger partial charge in [0.05, 0.1) is 0 Å². The molecule has 1 aliphatic rings. The van der Waals surface area contributed by atoms with Gasteiger partial charge in [-0.05, 0) is 47.6 Å². The van der Waals surface area contributed by atoms with Crippen LogP contribution in [0.25, 0.3) is 0 Å². The van der Waals surface area contributed by atoms with Crippen molar-refractivity contribution >= 4 is 11.6 Å². The molecule has 0 bridgehead atoms. The highest BCUT2D eigenvalue weighted by molar-refractivity contribution is 6.29. The van der Waals surface area contributed by atoms with Gasteiger partial charge in [-0.15, -0.1) is 0 Å². The third-order valence-electron chi connectivity index (χ3n) is 3.90. The van der Waals surface area contributed by atoms with Crippen LogP contribution in [-0.4, -0.2) is 10.1 Å². The van der Waals surface area contributed by atoms with Crippen LogP contribution in [0.2, 0.25) is 5.15 Å². The van der Waals surface area contributed by atoms with Crippen LogP contribution >= 0.6 is 11.6 Å². The van der Waals surface area contributed by atoms with E-state index < -0.39 is 6.10 Å². The van der Waals surface area contributed by atoms with Crippen molar-refractivity contribution in [1.29, 1.82) is 0 Å². The van der Waals surface area contributed by atoms with Gasteiger partial charge < -0.3 is 5.11 Å². The van der Waals surface area contributed by atoms with Gasteiger partial charge in [0.25, 0.3) is 0 Å². The zero-order chi connectivity index (χ0) is 13.2. The van der Waals surface area contributed by atoms with Gasteiger partial charge in [-0.25, -0.2) is 4.98 Å². The fourth-order valence-electron chi connectivity index (χ4n) is 2.47. The molecule has 0 aliphatic heterocycles. The molecule has 3 heteroatoms. The maximum Gasteiger partial charge on any atom is 0.129 e. The predicted octanol–water partition coefficient (Wildman–Crippen LogP) is 4.08. The number of halogens is 1. The lowest BCUT2D eigenvalue weighted by Gasteiger charge is -2.26. The molecule has 2 nitrogen and oxygen atoms in total. The van der Waals surface area contributed by atoms with Gasteiger partial charge in [0.2, 0.25) is 0 Å². The molecular formula is C16H16ClNO. The number of rotatable bonds is 3. The molecule has 1 saturated carbocycles. The largest absolute Gasteiger partial charge is 0.384 e. The summed E-state index contributed by atoms with van der Waals surface area (Å²) in [4.78, 5) is 3.93. The average molecular weight is 274 g/mol. The number of aliphatic hydroxyl groups is 1. The Bertz CT molecular complexity index is 563. The molecule has 19 heavy (non-hydrogen) atoms. The van der Waals surface area contributed by atoms with Gasteiger partial charge >= 0.3 is 0 Å². The maximum absolute atomic E-state index is 10.3. The van der Waals surface area contributed by atoms with Crippen LogP contribution < -0.4 is 0 Å². The number of benzene rings is 1. The molecule has 1 aliphatic carbocycles. The lowest BCUT2D eigenvalue weighted by molar-refractivity contribution is 0.220. The molecular weight excluding hydrogens is 258 g/mol. The Balaban J connectivity index is 1.81. The summed E-state index contributed by atoms with van der Waals surface area (Å²) >= 11 is 5.85. The summed E-state index contributed by atoms with van der Waals surface area (Å²) in [6.45, 7) is 0. The highest BCUT2D eigenvalue weighted by Gasteiger charge is 2.19. The average Bonchev–Trinajstić information content (AvgIpc) is 2.37. The van der Waals surface area contributed by atoms with E-state index in [1.807, 2.05) is 12.1 Å². The van der Waals surface area contributed by atoms with E-state index in [1.165, 1.54) is 24.8 Å². The fourth-order valence-corrected chi connectivity index (χ4v) is 2.65. The molecule has 1 fully saturated rings. The quantitative estimate of drug-likeness (QED) is 0.855. The van der Waals surface area contributed by atoms with E-state index in [4.69, 9.17) is 11.6 Å². The van der Waals surface area contributed by atoms with Crippen molar-refractivity contribution in [3.05, 3.63) is 64.4 Å². The first-order valence-corrected chi connectivity index (χ1v) is 7.01. The van der Waals surface area contributed by atoms with E-state index in [9.17, 15) is 5.11 Å². The topological polar surface area (TPSA) is 33.1 Å². The van der Waals surface area contributed by atoms with Gasteiger partial charge in [-0.2, -0.15) is 0 Å². The van der Waals surface area contributed by atoms with Crippen LogP contribution in [0.15, 0.2) is 42.6 Å². The molecule has 1 heterocycles. The maximum atomic E-state index is 10.3. The highest BCUT2D eigenvalue weighted by atomic mass is 35.5. The fraction of sp³-hybridized carbons (Fsp3) is 0.312. The molecule has 0 radical (unpaired) electrons. The van der Waals surface area contributed by atoms with Crippen LogP contribution in [0.1, 0.15) is 48.0 Å². The first-order chi connectivity index (χ1) is 9.24. The zero-order valence-corrected chi connectivity index (χ0v) is 11.3. The lowest BCUT2D eigenvalue weighted by atomic mass is 9.80. The Hall–Kier alpha value is -1.38. The lowest BCUT2D eigenvalue weighted by Crippen LogP contribution is -2.09. The van der Waals surface area contributed by atoms with Crippen molar-refractivity contribution in [3.8, 4) is 0 Å². The third-order valence-corrected chi connectivity index (χ3v) is 4.10. The first kappa shape index (κ1) is 12.6. The summed E-state index contributed by atoms with van der Waals surface area (Å²) in [6.07, 6.45) is 4.90. The molecule has 1 unspecified atom stereocenters. The van der Waals surface area contributed by atoms with Crippen LogP contribution in [0.5, 0.6) is 0 Å². The van der Waals surface area contributed by atoms with E-state index in [2.05, 4.69) is 17.1 Å². The summed E-state index contributed by atoms with van der Waals surface area (Å²) in [5, 5.41) is 10.7. The molecule has 0 amide bonds. The van der Waals surface area contributed by atoms with Crippen LogP contribution in [0, 0.1) is 0 Å². The summed E-state index contributed by atoms with van der Waals surface area (Å²) in [7, 11) is 0. The zero-order valence-electron chi connectivity index (χ0n) is 10.6. The van der Waals surface area contributed by atoms with Crippen molar-refractivity contribution < 1.29 is 5.11 Å². The second-order valence-corrected chi connectivity index (χ2v) is 5.50. The molecule has 0 saturated heterocycles. The third kappa shape index (κ3) is 2.65.